The molecule has 0 unspecified atom stereocenters. The molecule has 29 heavy (non-hydrogen) atoms. The van der Waals surface area contributed by atoms with Gasteiger partial charge in [-0.1, -0.05) is 25.0 Å². The number of non-ortho nitro benzene ring substituents is 1. The third kappa shape index (κ3) is 5.54. The fourth-order valence-corrected chi connectivity index (χ4v) is 3.22. The molecule has 1 N–H and O–H groups in total. The predicted octanol–water partition coefficient (Wildman–Crippen LogP) is 3.63. The first kappa shape index (κ1) is 20.3. The second-order valence-electron chi connectivity index (χ2n) is 6.84. The van der Waals surface area contributed by atoms with Crippen molar-refractivity contribution in [3.05, 3.63) is 64.2 Å². The number of ether oxygens (including phenoxy) is 1. The number of carbonyl (C=O) groups excluding carboxylic acids is 2. The summed E-state index contributed by atoms with van der Waals surface area (Å²) in [5, 5.41) is 13.4. The van der Waals surface area contributed by atoms with Gasteiger partial charge in [-0.15, -0.1) is 0 Å². The molecule has 0 spiro atoms. The monoisotopic (exact) mass is 397 g/mol. The van der Waals surface area contributed by atoms with E-state index in [-0.39, 0.29) is 18.2 Å². The van der Waals surface area contributed by atoms with Crippen molar-refractivity contribution in [2.75, 3.05) is 25.0 Å². The highest BCUT2D eigenvalue weighted by atomic mass is 16.6. The third-order valence-corrected chi connectivity index (χ3v) is 4.74. The van der Waals surface area contributed by atoms with Gasteiger partial charge in [0.15, 0.2) is 6.61 Å². The number of carbonyl (C=O) groups is 2. The van der Waals surface area contributed by atoms with Gasteiger partial charge >= 0.3 is 0 Å². The van der Waals surface area contributed by atoms with Crippen LogP contribution in [0.1, 0.15) is 36.0 Å². The summed E-state index contributed by atoms with van der Waals surface area (Å²) in [6, 6.07) is 12.4. The van der Waals surface area contributed by atoms with E-state index in [4.69, 9.17) is 4.74 Å². The van der Waals surface area contributed by atoms with E-state index in [1.807, 2.05) is 4.90 Å². The van der Waals surface area contributed by atoms with Crippen LogP contribution in [0, 0.1) is 10.1 Å². The number of amides is 2. The fourth-order valence-electron chi connectivity index (χ4n) is 3.22. The number of nitrogens with zero attached hydrogens (tertiary/aromatic N) is 2. The van der Waals surface area contributed by atoms with Gasteiger partial charge < -0.3 is 15.0 Å². The minimum absolute atomic E-state index is 0.0530. The zero-order valence-electron chi connectivity index (χ0n) is 16.0. The van der Waals surface area contributed by atoms with Crippen LogP contribution in [0.4, 0.5) is 11.4 Å². The number of nitrogens with one attached hydrogen (secondary N) is 1. The van der Waals surface area contributed by atoms with Gasteiger partial charge in [0.05, 0.1) is 16.2 Å². The highest BCUT2D eigenvalue weighted by Crippen LogP contribution is 2.21. The molecule has 0 saturated carbocycles. The summed E-state index contributed by atoms with van der Waals surface area (Å²) < 4.78 is 5.38. The molecular formula is C21H23N3O5. The maximum atomic E-state index is 12.9. The minimum atomic E-state index is -0.505. The second kappa shape index (κ2) is 9.68. The van der Waals surface area contributed by atoms with Gasteiger partial charge in [0, 0.05) is 25.2 Å². The van der Waals surface area contributed by atoms with Crippen LogP contribution < -0.4 is 10.1 Å². The molecule has 2 amide bonds. The van der Waals surface area contributed by atoms with E-state index >= 15 is 0 Å². The lowest BCUT2D eigenvalue weighted by atomic mass is 10.1. The smallest absolute Gasteiger partial charge is 0.269 e. The Morgan fingerprint density at radius 2 is 1.66 bits per heavy atom. The van der Waals surface area contributed by atoms with Gasteiger partial charge in [-0.3, -0.25) is 19.7 Å². The number of likely N-dealkylation sites (tertiary alicyclic amines) is 1. The molecule has 8 heteroatoms. The quantitative estimate of drug-likeness (QED) is 0.592. The Balaban J connectivity index is 1.61. The molecule has 2 aromatic carbocycles. The van der Waals surface area contributed by atoms with Crippen LogP contribution in [0.25, 0.3) is 0 Å². The standard InChI is InChI=1S/C21H23N3O5/c25-20(15-29-17-11-9-16(10-12-17)24(27)28)22-19-8-4-3-7-18(19)21(26)23-13-5-1-2-6-14-23/h3-4,7-12H,1-2,5-6,13-15H2,(H,22,25). The number of nitro groups is 1. The average Bonchev–Trinajstić information content (AvgIpc) is 3.02. The van der Waals surface area contributed by atoms with Crippen LogP contribution in [-0.4, -0.2) is 41.3 Å². The van der Waals surface area contributed by atoms with Crippen LogP contribution >= 0.6 is 0 Å². The molecule has 3 rings (SSSR count). The topological polar surface area (TPSA) is 102 Å². The number of anilines is 1. The van der Waals surface area contributed by atoms with Gasteiger partial charge in [0.25, 0.3) is 17.5 Å². The van der Waals surface area contributed by atoms with E-state index in [2.05, 4.69) is 5.32 Å². The van der Waals surface area contributed by atoms with E-state index in [0.717, 1.165) is 38.8 Å². The lowest BCUT2D eigenvalue weighted by Gasteiger charge is -2.22. The molecule has 152 valence electrons. The Morgan fingerprint density at radius 1 is 1.00 bits per heavy atom. The van der Waals surface area contributed by atoms with Crippen molar-refractivity contribution >= 4 is 23.2 Å². The number of hydrogen-bond donors (Lipinski definition) is 1. The Kier molecular flexibility index (Phi) is 6.78. The van der Waals surface area contributed by atoms with Crippen molar-refractivity contribution in [2.24, 2.45) is 0 Å². The summed E-state index contributed by atoms with van der Waals surface area (Å²) >= 11 is 0. The van der Waals surface area contributed by atoms with Gasteiger partial charge in [0.1, 0.15) is 5.75 Å². The summed E-state index contributed by atoms with van der Waals surface area (Å²) in [6.45, 7) is 1.18. The van der Waals surface area contributed by atoms with Gasteiger partial charge in [0.2, 0.25) is 0 Å². The second-order valence-corrected chi connectivity index (χ2v) is 6.84. The van der Waals surface area contributed by atoms with Crippen molar-refractivity contribution in [1.82, 2.24) is 4.90 Å². The Hall–Kier alpha value is -3.42. The zero-order valence-corrected chi connectivity index (χ0v) is 16.0. The molecule has 8 nitrogen and oxygen atoms in total. The molecule has 0 atom stereocenters. The summed E-state index contributed by atoms with van der Waals surface area (Å²) in [5.41, 5.74) is 0.847. The first-order valence-electron chi connectivity index (χ1n) is 9.60. The van der Waals surface area contributed by atoms with Crippen molar-refractivity contribution in [2.45, 2.75) is 25.7 Å². The van der Waals surface area contributed by atoms with Crippen molar-refractivity contribution < 1.29 is 19.2 Å². The number of hydrogen-bond acceptors (Lipinski definition) is 5. The third-order valence-electron chi connectivity index (χ3n) is 4.74. The highest BCUT2D eigenvalue weighted by Gasteiger charge is 2.20. The lowest BCUT2D eigenvalue weighted by molar-refractivity contribution is -0.384. The maximum absolute atomic E-state index is 12.9. The molecule has 1 saturated heterocycles. The van der Waals surface area contributed by atoms with E-state index < -0.39 is 10.8 Å². The molecule has 1 aliphatic heterocycles. The number of rotatable bonds is 6. The van der Waals surface area contributed by atoms with E-state index in [9.17, 15) is 19.7 Å². The van der Waals surface area contributed by atoms with Crippen LogP contribution in [-0.2, 0) is 4.79 Å². The van der Waals surface area contributed by atoms with E-state index in [1.54, 1.807) is 24.3 Å². The molecule has 0 radical (unpaired) electrons. The molecule has 0 bridgehead atoms. The van der Waals surface area contributed by atoms with Crippen molar-refractivity contribution in [3.63, 3.8) is 0 Å². The Morgan fingerprint density at radius 3 is 2.31 bits per heavy atom. The molecule has 0 aromatic heterocycles. The predicted molar refractivity (Wildman–Crippen MR) is 108 cm³/mol. The van der Waals surface area contributed by atoms with Gasteiger partial charge in [-0.25, -0.2) is 0 Å². The maximum Gasteiger partial charge on any atom is 0.269 e. The molecule has 1 heterocycles. The van der Waals surface area contributed by atoms with Crippen LogP contribution in [0.3, 0.4) is 0 Å². The summed E-state index contributed by atoms with van der Waals surface area (Å²) in [5.74, 6) is -0.154. The largest absolute Gasteiger partial charge is 0.484 e. The van der Waals surface area contributed by atoms with Crippen LogP contribution in [0.15, 0.2) is 48.5 Å². The Labute approximate surface area is 168 Å². The SMILES string of the molecule is O=C(COc1ccc([N+](=O)[O-])cc1)Nc1ccccc1C(=O)N1CCCCCC1. The molecule has 0 aliphatic carbocycles. The molecular weight excluding hydrogens is 374 g/mol. The van der Waals surface area contributed by atoms with E-state index in [1.165, 1.54) is 24.3 Å². The lowest BCUT2D eigenvalue weighted by Crippen LogP contribution is -2.33. The first-order valence-corrected chi connectivity index (χ1v) is 9.60. The van der Waals surface area contributed by atoms with Crippen molar-refractivity contribution in [3.8, 4) is 5.75 Å². The molecule has 1 aliphatic rings. The average molecular weight is 397 g/mol. The number of nitro benzene ring substituents is 1. The fraction of sp³-hybridized carbons (Fsp3) is 0.333. The first-order chi connectivity index (χ1) is 14.0. The number of para-hydroxylation sites is 1. The van der Waals surface area contributed by atoms with Gasteiger partial charge in [-0.2, -0.15) is 0 Å². The van der Waals surface area contributed by atoms with Crippen molar-refractivity contribution in [1.29, 1.82) is 0 Å². The van der Waals surface area contributed by atoms with Crippen LogP contribution in [0.5, 0.6) is 5.75 Å². The van der Waals surface area contributed by atoms with Gasteiger partial charge in [-0.05, 0) is 37.1 Å². The molecule has 2 aromatic rings. The number of benzene rings is 2. The summed E-state index contributed by atoms with van der Waals surface area (Å²) in [7, 11) is 0. The highest BCUT2D eigenvalue weighted by molar-refractivity contribution is 6.04. The van der Waals surface area contributed by atoms with E-state index in [0.29, 0.717) is 17.0 Å². The normalized spacial score (nSPS) is 14.0. The molecule has 1 fully saturated rings. The summed E-state index contributed by atoms with van der Waals surface area (Å²) in [6.07, 6.45) is 4.23. The zero-order chi connectivity index (χ0) is 20.6. The van der Waals surface area contributed by atoms with Crippen LogP contribution in [0.2, 0.25) is 0 Å². The summed E-state index contributed by atoms with van der Waals surface area (Å²) in [4.78, 5) is 37.2. The minimum Gasteiger partial charge on any atom is -0.484 e. The Bertz CT molecular complexity index is 874.